The summed E-state index contributed by atoms with van der Waals surface area (Å²) in [7, 11) is 0. The van der Waals surface area contributed by atoms with Crippen LogP contribution < -0.4 is 4.74 Å². The Morgan fingerprint density at radius 2 is 1.82 bits per heavy atom. The van der Waals surface area contributed by atoms with E-state index < -0.39 is 0 Å². The first-order chi connectivity index (χ1) is 8.34. The molecule has 88 valence electrons. The Hall–Kier alpha value is -0.680. The highest BCUT2D eigenvalue weighted by atomic mass is 127. The summed E-state index contributed by atoms with van der Waals surface area (Å²) in [6.45, 7) is 0.736. The van der Waals surface area contributed by atoms with E-state index in [-0.39, 0.29) is 0 Å². The molecular formula is C14H13IOS. The van der Waals surface area contributed by atoms with E-state index in [1.54, 1.807) is 0 Å². The monoisotopic (exact) mass is 356 g/mol. The molecule has 3 heteroatoms. The lowest BCUT2D eigenvalue weighted by Gasteiger charge is -2.06. The average molecular weight is 356 g/mol. The van der Waals surface area contributed by atoms with Crippen LogP contribution in [0.4, 0.5) is 0 Å². The first-order valence-corrected chi connectivity index (χ1v) is 7.47. The molecule has 0 unspecified atom stereocenters. The minimum atomic E-state index is 0.736. The predicted octanol–water partition coefficient (Wildman–Crippen LogP) is 4.46. The van der Waals surface area contributed by atoms with Gasteiger partial charge >= 0.3 is 0 Å². The van der Waals surface area contributed by atoms with Crippen LogP contribution in [0.2, 0.25) is 0 Å². The van der Waals surface area contributed by atoms with Crippen LogP contribution >= 0.6 is 34.4 Å². The molecule has 17 heavy (non-hydrogen) atoms. The zero-order chi connectivity index (χ0) is 11.9. The van der Waals surface area contributed by atoms with E-state index >= 15 is 0 Å². The zero-order valence-corrected chi connectivity index (χ0v) is 12.3. The molecule has 0 aliphatic heterocycles. The van der Waals surface area contributed by atoms with Gasteiger partial charge in [0.05, 0.1) is 6.61 Å². The fourth-order valence-electron chi connectivity index (χ4n) is 1.39. The third-order valence-corrected chi connectivity index (χ3v) is 3.81. The second-order valence-corrected chi connectivity index (χ2v) is 5.88. The van der Waals surface area contributed by atoms with Crippen molar-refractivity contribution in [3.8, 4) is 5.75 Å². The number of benzene rings is 2. The predicted molar refractivity (Wildman–Crippen MR) is 81.8 cm³/mol. The van der Waals surface area contributed by atoms with Crippen molar-refractivity contribution in [2.45, 2.75) is 4.90 Å². The maximum Gasteiger partial charge on any atom is 0.120 e. The van der Waals surface area contributed by atoms with Gasteiger partial charge in [0.1, 0.15) is 5.75 Å². The molecule has 0 N–H and O–H groups in total. The molecular weight excluding hydrogens is 343 g/mol. The van der Waals surface area contributed by atoms with Crippen molar-refractivity contribution < 1.29 is 4.74 Å². The minimum absolute atomic E-state index is 0.736. The summed E-state index contributed by atoms with van der Waals surface area (Å²) < 4.78 is 6.89. The van der Waals surface area contributed by atoms with Crippen molar-refractivity contribution >= 4 is 34.4 Å². The first kappa shape index (κ1) is 12.8. The van der Waals surface area contributed by atoms with Crippen molar-refractivity contribution in [1.29, 1.82) is 0 Å². The Morgan fingerprint density at radius 1 is 1.00 bits per heavy atom. The molecule has 0 atom stereocenters. The van der Waals surface area contributed by atoms with Gasteiger partial charge in [0, 0.05) is 14.2 Å². The number of hydrogen-bond acceptors (Lipinski definition) is 2. The Balaban J connectivity index is 1.73. The van der Waals surface area contributed by atoms with Crippen LogP contribution in [0.3, 0.4) is 0 Å². The normalized spacial score (nSPS) is 10.2. The summed E-state index contributed by atoms with van der Waals surface area (Å²) in [5.74, 6) is 1.92. The Kier molecular flexibility index (Phi) is 5.19. The van der Waals surface area contributed by atoms with Crippen molar-refractivity contribution in [2.75, 3.05) is 12.4 Å². The largest absolute Gasteiger partial charge is 0.493 e. The van der Waals surface area contributed by atoms with Gasteiger partial charge in [-0.3, -0.25) is 0 Å². The number of ether oxygens (including phenoxy) is 1. The Labute approximate surface area is 120 Å². The molecule has 1 nitrogen and oxygen atoms in total. The number of thioether (sulfide) groups is 1. The first-order valence-electron chi connectivity index (χ1n) is 5.41. The van der Waals surface area contributed by atoms with E-state index in [1.807, 2.05) is 36.0 Å². The smallest absolute Gasteiger partial charge is 0.120 e. The van der Waals surface area contributed by atoms with Gasteiger partial charge in [-0.25, -0.2) is 0 Å². The van der Waals surface area contributed by atoms with Crippen LogP contribution in [0.1, 0.15) is 0 Å². The molecule has 0 aliphatic rings. The van der Waals surface area contributed by atoms with Crippen molar-refractivity contribution in [1.82, 2.24) is 0 Å². The molecule has 0 heterocycles. The van der Waals surface area contributed by atoms with Gasteiger partial charge in [0.2, 0.25) is 0 Å². The lowest BCUT2D eigenvalue weighted by Crippen LogP contribution is -1.99. The second kappa shape index (κ2) is 6.91. The number of hydrogen-bond donors (Lipinski definition) is 0. The van der Waals surface area contributed by atoms with Gasteiger partial charge in [0.15, 0.2) is 0 Å². The van der Waals surface area contributed by atoms with Crippen LogP contribution in [0.25, 0.3) is 0 Å². The van der Waals surface area contributed by atoms with Crippen molar-refractivity contribution in [2.24, 2.45) is 0 Å². The third kappa shape index (κ3) is 4.60. The number of halogens is 1. The van der Waals surface area contributed by atoms with E-state index in [4.69, 9.17) is 4.74 Å². The summed E-state index contributed by atoms with van der Waals surface area (Å²) in [5, 5.41) is 0. The standard InChI is InChI=1S/C14H13IOS/c15-12-5-4-6-13(11-12)16-9-10-17-14-7-2-1-3-8-14/h1-8,11H,9-10H2. The van der Waals surface area contributed by atoms with Gasteiger partial charge < -0.3 is 4.74 Å². The molecule has 2 rings (SSSR count). The summed E-state index contributed by atoms with van der Waals surface area (Å²) in [4.78, 5) is 1.29. The summed E-state index contributed by atoms with van der Waals surface area (Å²) >= 11 is 4.11. The van der Waals surface area contributed by atoms with Gasteiger partial charge in [-0.2, -0.15) is 0 Å². The third-order valence-electron chi connectivity index (χ3n) is 2.16. The van der Waals surface area contributed by atoms with Gasteiger partial charge in [-0.1, -0.05) is 24.3 Å². The van der Waals surface area contributed by atoms with Crippen molar-refractivity contribution in [3.05, 3.63) is 58.2 Å². The molecule has 0 fully saturated rings. The minimum Gasteiger partial charge on any atom is -0.493 e. The van der Waals surface area contributed by atoms with E-state index in [2.05, 4.69) is 52.9 Å². The van der Waals surface area contributed by atoms with E-state index in [0.717, 1.165) is 18.1 Å². The Morgan fingerprint density at radius 3 is 2.59 bits per heavy atom. The highest BCUT2D eigenvalue weighted by molar-refractivity contribution is 14.1. The molecule has 0 amide bonds. The quantitative estimate of drug-likeness (QED) is 0.444. The zero-order valence-electron chi connectivity index (χ0n) is 9.30. The average Bonchev–Trinajstić information content (AvgIpc) is 2.36. The Bertz CT molecular complexity index is 459. The van der Waals surface area contributed by atoms with Crippen LogP contribution in [0, 0.1) is 3.57 Å². The van der Waals surface area contributed by atoms with Crippen LogP contribution in [-0.2, 0) is 0 Å². The van der Waals surface area contributed by atoms with Gasteiger partial charge in [0.25, 0.3) is 0 Å². The highest BCUT2D eigenvalue weighted by Gasteiger charge is 1.96. The molecule has 0 aliphatic carbocycles. The topological polar surface area (TPSA) is 9.23 Å². The molecule has 0 radical (unpaired) electrons. The van der Waals surface area contributed by atoms with E-state index in [0.29, 0.717) is 0 Å². The highest BCUT2D eigenvalue weighted by Crippen LogP contribution is 2.18. The number of rotatable bonds is 5. The second-order valence-electron chi connectivity index (χ2n) is 3.47. The summed E-state index contributed by atoms with van der Waals surface area (Å²) in [6, 6.07) is 18.5. The van der Waals surface area contributed by atoms with Gasteiger partial charge in [-0.05, 0) is 52.9 Å². The lowest BCUT2D eigenvalue weighted by molar-refractivity contribution is 0.343. The fraction of sp³-hybridized carbons (Fsp3) is 0.143. The maximum absolute atomic E-state index is 5.68. The van der Waals surface area contributed by atoms with E-state index in [9.17, 15) is 0 Å². The molecule has 0 bridgehead atoms. The molecule has 0 saturated heterocycles. The lowest BCUT2D eigenvalue weighted by atomic mass is 10.3. The van der Waals surface area contributed by atoms with E-state index in [1.165, 1.54) is 8.47 Å². The maximum atomic E-state index is 5.68. The van der Waals surface area contributed by atoms with Gasteiger partial charge in [-0.15, -0.1) is 11.8 Å². The summed E-state index contributed by atoms with van der Waals surface area (Å²) in [6.07, 6.45) is 0. The van der Waals surface area contributed by atoms with Crippen LogP contribution in [0.15, 0.2) is 59.5 Å². The molecule has 0 spiro atoms. The van der Waals surface area contributed by atoms with Crippen molar-refractivity contribution in [3.63, 3.8) is 0 Å². The molecule has 0 aromatic heterocycles. The van der Waals surface area contributed by atoms with Crippen LogP contribution in [-0.4, -0.2) is 12.4 Å². The fourth-order valence-corrected chi connectivity index (χ4v) is 2.66. The van der Waals surface area contributed by atoms with Crippen LogP contribution in [0.5, 0.6) is 5.75 Å². The SMILES string of the molecule is Ic1cccc(OCCSc2ccccc2)c1. The summed E-state index contributed by atoms with van der Waals surface area (Å²) in [5.41, 5.74) is 0. The molecule has 0 saturated carbocycles. The molecule has 2 aromatic rings. The molecule has 2 aromatic carbocycles.